The van der Waals surface area contributed by atoms with Crippen LogP contribution in [0.4, 0.5) is 13.2 Å². The predicted molar refractivity (Wildman–Crippen MR) is 86.8 cm³/mol. The molecule has 0 saturated carbocycles. The summed E-state index contributed by atoms with van der Waals surface area (Å²) in [5.74, 6) is -0.261. The Kier molecular flexibility index (Phi) is 4.44. The second kappa shape index (κ2) is 6.53. The van der Waals surface area contributed by atoms with Gasteiger partial charge in [-0.25, -0.2) is 0 Å². The normalized spacial score (nSPS) is 11.3. The Morgan fingerprint density at radius 3 is 2.08 bits per heavy atom. The van der Waals surface area contributed by atoms with E-state index in [0.717, 1.165) is 22.4 Å². The average Bonchev–Trinajstić information content (AvgIpc) is 2.55. The van der Waals surface area contributed by atoms with Crippen LogP contribution in [0.3, 0.4) is 0 Å². The van der Waals surface area contributed by atoms with Crippen molar-refractivity contribution in [2.24, 2.45) is 0 Å². The van der Waals surface area contributed by atoms with Crippen molar-refractivity contribution in [2.45, 2.75) is 6.36 Å². The molecule has 24 heavy (non-hydrogen) atoms. The second-order valence-corrected chi connectivity index (χ2v) is 5.42. The fourth-order valence-corrected chi connectivity index (χ4v) is 2.44. The van der Waals surface area contributed by atoms with Crippen LogP contribution >= 0.6 is 11.6 Å². The zero-order chi connectivity index (χ0) is 17.2. The summed E-state index contributed by atoms with van der Waals surface area (Å²) < 4.78 is 40.6. The van der Waals surface area contributed by atoms with Crippen molar-refractivity contribution in [3.05, 3.63) is 71.9 Å². The lowest BCUT2D eigenvalue weighted by Crippen LogP contribution is -2.16. The molecular weight excluding hydrogens is 339 g/mol. The zero-order valence-electron chi connectivity index (χ0n) is 12.2. The van der Waals surface area contributed by atoms with Crippen molar-refractivity contribution in [3.8, 4) is 28.1 Å². The van der Waals surface area contributed by atoms with Gasteiger partial charge in [0.15, 0.2) is 0 Å². The molecule has 2 nitrogen and oxygen atoms in total. The Labute approximate surface area is 141 Å². The number of hydrogen-bond acceptors (Lipinski definition) is 2. The maximum Gasteiger partial charge on any atom is 0.573 e. The molecule has 1 heterocycles. The highest BCUT2D eigenvalue weighted by atomic mass is 35.5. The van der Waals surface area contributed by atoms with Gasteiger partial charge in [-0.05, 0) is 35.9 Å². The zero-order valence-corrected chi connectivity index (χ0v) is 13.0. The lowest BCUT2D eigenvalue weighted by molar-refractivity contribution is -0.274. The lowest BCUT2D eigenvalue weighted by atomic mass is 9.99. The van der Waals surface area contributed by atoms with Gasteiger partial charge >= 0.3 is 6.36 Å². The largest absolute Gasteiger partial charge is 0.573 e. The van der Waals surface area contributed by atoms with Crippen molar-refractivity contribution in [2.75, 3.05) is 0 Å². The van der Waals surface area contributed by atoms with Crippen LogP contribution in [0.25, 0.3) is 22.4 Å². The Balaban J connectivity index is 1.97. The van der Waals surface area contributed by atoms with Gasteiger partial charge < -0.3 is 4.74 Å². The molecule has 0 amide bonds. The van der Waals surface area contributed by atoms with Gasteiger partial charge in [0.2, 0.25) is 0 Å². The molecule has 0 atom stereocenters. The number of rotatable bonds is 3. The third kappa shape index (κ3) is 3.86. The minimum atomic E-state index is -4.70. The van der Waals surface area contributed by atoms with Gasteiger partial charge in [0.1, 0.15) is 5.75 Å². The van der Waals surface area contributed by atoms with Crippen LogP contribution in [0, 0.1) is 0 Å². The molecule has 0 aliphatic rings. The second-order valence-electron chi connectivity index (χ2n) is 4.98. The van der Waals surface area contributed by atoms with E-state index in [0.29, 0.717) is 5.02 Å². The van der Waals surface area contributed by atoms with E-state index in [1.54, 1.807) is 36.5 Å². The third-order valence-corrected chi connectivity index (χ3v) is 3.58. The molecule has 1 aromatic heterocycles. The van der Waals surface area contributed by atoms with Gasteiger partial charge in [-0.3, -0.25) is 4.98 Å². The van der Waals surface area contributed by atoms with Crippen molar-refractivity contribution < 1.29 is 17.9 Å². The summed E-state index contributed by atoms with van der Waals surface area (Å²) in [4.78, 5) is 4.38. The third-order valence-electron chi connectivity index (χ3n) is 3.32. The fraction of sp³-hybridized carbons (Fsp3) is 0.0556. The van der Waals surface area contributed by atoms with Crippen molar-refractivity contribution in [3.63, 3.8) is 0 Å². The molecule has 122 valence electrons. The molecule has 0 radical (unpaired) electrons. The predicted octanol–water partition coefficient (Wildman–Crippen LogP) is 5.97. The van der Waals surface area contributed by atoms with Crippen LogP contribution in [-0.4, -0.2) is 11.3 Å². The number of aromatic nitrogens is 1. The molecule has 0 bridgehead atoms. The molecule has 0 spiro atoms. The maximum absolute atomic E-state index is 12.2. The van der Waals surface area contributed by atoms with Crippen LogP contribution in [0.1, 0.15) is 0 Å². The summed E-state index contributed by atoms with van der Waals surface area (Å²) in [5, 5.41) is 0.616. The monoisotopic (exact) mass is 349 g/mol. The first-order valence-electron chi connectivity index (χ1n) is 6.99. The summed E-state index contributed by atoms with van der Waals surface area (Å²) in [6.07, 6.45) is -3.04. The van der Waals surface area contributed by atoms with Crippen LogP contribution in [0.2, 0.25) is 5.02 Å². The lowest BCUT2D eigenvalue weighted by Gasteiger charge is -2.11. The first-order chi connectivity index (χ1) is 11.4. The smallest absolute Gasteiger partial charge is 0.406 e. The quantitative estimate of drug-likeness (QED) is 0.581. The highest BCUT2D eigenvalue weighted by molar-refractivity contribution is 6.30. The van der Waals surface area contributed by atoms with Crippen molar-refractivity contribution in [1.82, 2.24) is 4.98 Å². The Morgan fingerprint density at radius 2 is 1.46 bits per heavy atom. The van der Waals surface area contributed by atoms with Gasteiger partial charge in [0.05, 0.1) is 5.69 Å². The molecule has 0 aliphatic carbocycles. The molecule has 0 N–H and O–H groups in total. The van der Waals surface area contributed by atoms with Crippen molar-refractivity contribution >= 4 is 11.6 Å². The average molecular weight is 350 g/mol. The summed E-state index contributed by atoms with van der Waals surface area (Å²) in [6, 6.07) is 16.5. The highest BCUT2D eigenvalue weighted by Crippen LogP contribution is 2.32. The van der Waals surface area contributed by atoms with E-state index < -0.39 is 6.36 Å². The molecular formula is C18H11ClF3NO. The minimum absolute atomic E-state index is 0.261. The Morgan fingerprint density at radius 1 is 0.833 bits per heavy atom. The first-order valence-corrected chi connectivity index (χ1v) is 7.37. The van der Waals surface area contributed by atoms with Gasteiger partial charge in [0.25, 0.3) is 0 Å². The molecule has 0 saturated heterocycles. The summed E-state index contributed by atoms with van der Waals surface area (Å²) in [7, 11) is 0. The molecule has 0 aliphatic heterocycles. The number of alkyl halides is 3. The Bertz CT molecular complexity index is 830. The standard InChI is InChI=1S/C18H11ClF3NO/c19-14-7-3-13(4-8-14)17-16(2-1-11-23-17)12-5-9-15(10-6-12)24-18(20,21)22/h1-11H. The van der Waals surface area contributed by atoms with Crippen LogP contribution < -0.4 is 4.74 Å². The molecule has 6 heteroatoms. The highest BCUT2D eigenvalue weighted by Gasteiger charge is 2.31. The number of ether oxygens (including phenoxy) is 1. The van der Waals surface area contributed by atoms with E-state index in [4.69, 9.17) is 11.6 Å². The van der Waals surface area contributed by atoms with Crippen LogP contribution in [0.5, 0.6) is 5.75 Å². The van der Waals surface area contributed by atoms with E-state index in [1.165, 1.54) is 12.1 Å². The van der Waals surface area contributed by atoms with Gasteiger partial charge in [-0.1, -0.05) is 41.9 Å². The van der Waals surface area contributed by atoms with E-state index in [-0.39, 0.29) is 5.75 Å². The number of halogens is 4. The first kappa shape index (κ1) is 16.3. The SMILES string of the molecule is FC(F)(F)Oc1ccc(-c2cccnc2-c2ccc(Cl)cc2)cc1. The maximum atomic E-state index is 12.2. The van der Waals surface area contributed by atoms with Crippen LogP contribution in [-0.2, 0) is 0 Å². The minimum Gasteiger partial charge on any atom is -0.406 e. The molecule has 3 rings (SSSR count). The summed E-state index contributed by atoms with van der Waals surface area (Å²) in [5.41, 5.74) is 3.13. The van der Waals surface area contributed by atoms with Crippen LogP contribution in [0.15, 0.2) is 66.9 Å². The topological polar surface area (TPSA) is 22.1 Å². The number of pyridine rings is 1. The summed E-state index contributed by atoms with van der Waals surface area (Å²) in [6.45, 7) is 0. The van der Waals surface area contributed by atoms with Crippen molar-refractivity contribution in [1.29, 1.82) is 0 Å². The van der Waals surface area contributed by atoms with Gasteiger partial charge in [-0.15, -0.1) is 13.2 Å². The summed E-state index contributed by atoms with van der Waals surface area (Å²) >= 11 is 5.90. The Hall–Kier alpha value is -2.53. The number of hydrogen-bond donors (Lipinski definition) is 0. The molecule has 3 aromatic rings. The van der Waals surface area contributed by atoms with Gasteiger partial charge in [-0.2, -0.15) is 0 Å². The molecule has 0 unspecified atom stereocenters. The van der Waals surface area contributed by atoms with E-state index in [1.807, 2.05) is 18.2 Å². The number of nitrogens with zero attached hydrogens (tertiary/aromatic N) is 1. The molecule has 0 fully saturated rings. The van der Waals surface area contributed by atoms with E-state index >= 15 is 0 Å². The fourth-order valence-electron chi connectivity index (χ4n) is 2.31. The molecule has 2 aromatic carbocycles. The number of benzene rings is 2. The van der Waals surface area contributed by atoms with E-state index in [9.17, 15) is 13.2 Å². The van der Waals surface area contributed by atoms with Gasteiger partial charge in [0, 0.05) is 22.3 Å². The van der Waals surface area contributed by atoms with E-state index in [2.05, 4.69) is 9.72 Å².